The highest BCUT2D eigenvalue weighted by Gasteiger charge is 2.30. The Balaban J connectivity index is 1.97. The van der Waals surface area contributed by atoms with Gasteiger partial charge in [-0.2, -0.15) is 13.2 Å². The van der Waals surface area contributed by atoms with E-state index in [0.717, 1.165) is 24.0 Å². The minimum Gasteiger partial charge on any atom is -0.289 e. The Morgan fingerprint density at radius 3 is 2.38 bits per heavy atom. The number of thioether (sulfide) groups is 1. The van der Waals surface area contributed by atoms with Crippen LogP contribution in [-0.4, -0.2) is 10.8 Å². The fraction of sp³-hybridized carbons (Fsp3) is 0.0667. The number of benzene rings is 1. The second kappa shape index (κ2) is 6.58. The zero-order valence-electron chi connectivity index (χ0n) is 10.7. The number of pyridine rings is 1. The summed E-state index contributed by atoms with van der Waals surface area (Å²) in [6.07, 6.45) is -2.26. The number of aromatic nitrogens is 1. The first-order valence-corrected chi connectivity index (χ1v) is 6.80. The van der Waals surface area contributed by atoms with Crippen LogP contribution in [-0.2, 0) is 6.18 Å². The maximum atomic E-state index is 12.4. The molecule has 2 aromatic rings. The molecule has 0 unspecified atom stereocenters. The molecule has 0 bridgehead atoms. The minimum atomic E-state index is -4.39. The molecular formula is C15H10F3NOS. The molecule has 2 rings (SSSR count). The van der Waals surface area contributed by atoms with Gasteiger partial charge >= 0.3 is 6.18 Å². The van der Waals surface area contributed by atoms with Crippen LogP contribution >= 0.6 is 11.8 Å². The molecule has 0 atom stereocenters. The van der Waals surface area contributed by atoms with Gasteiger partial charge in [0.2, 0.25) is 0 Å². The van der Waals surface area contributed by atoms with E-state index in [9.17, 15) is 18.0 Å². The van der Waals surface area contributed by atoms with E-state index in [1.807, 2.05) is 0 Å². The lowest BCUT2D eigenvalue weighted by atomic mass is 10.1. The van der Waals surface area contributed by atoms with Crippen LogP contribution in [0.3, 0.4) is 0 Å². The molecule has 0 N–H and O–H groups in total. The molecule has 0 radical (unpaired) electrons. The van der Waals surface area contributed by atoms with Crippen LogP contribution in [0.4, 0.5) is 13.2 Å². The summed E-state index contributed by atoms with van der Waals surface area (Å²) in [7, 11) is 0. The highest BCUT2D eigenvalue weighted by atomic mass is 32.2. The standard InChI is InChI=1S/C15H10F3NOS/c16-15(17,18)12-6-7-14(19-10-12)21-9-8-13(20)11-4-2-1-3-5-11/h1-10H. The Morgan fingerprint density at radius 2 is 1.81 bits per heavy atom. The van der Waals surface area contributed by atoms with Crippen LogP contribution < -0.4 is 0 Å². The number of rotatable bonds is 4. The molecule has 0 saturated carbocycles. The Bertz CT molecular complexity index is 636. The van der Waals surface area contributed by atoms with Crippen LogP contribution in [0.15, 0.2) is 65.2 Å². The molecule has 108 valence electrons. The number of halogens is 3. The van der Waals surface area contributed by atoms with Crippen molar-refractivity contribution in [2.75, 3.05) is 0 Å². The van der Waals surface area contributed by atoms with Gasteiger partial charge < -0.3 is 0 Å². The van der Waals surface area contributed by atoms with Gasteiger partial charge in [-0.15, -0.1) is 0 Å². The Morgan fingerprint density at radius 1 is 1.10 bits per heavy atom. The predicted octanol–water partition coefficient (Wildman–Crippen LogP) is 4.59. The second-order valence-corrected chi connectivity index (χ2v) is 4.96. The van der Waals surface area contributed by atoms with Crippen LogP contribution in [0.2, 0.25) is 0 Å². The number of nitrogens with zero attached hydrogens (tertiary/aromatic N) is 1. The van der Waals surface area contributed by atoms with Gasteiger partial charge in [0.15, 0.2) is 5.78 Å². The third-order valence-corrected chi connectivity index (χ3v) is 3.29. The van der Waals surface area contributed by atoms with Crippen molar-refractivity contribution in [2.45, 2.75) is 11.2 Å². The molecule has 1 heterocycles. The largest absolute Gasteiger partial charge is 0.417 e. The van der Waals surface area contributed by atoms with Crippen LogP contribution in [0.1, 0.15) is 15.9 Å². The molecule has 6 heteroatoms. The molecular weight excluding hydrogens is 299 g/mol. The van der Waals surface area contributed by atoms with Crippen molar-refractivity contribution >= 4 is 17.5 Å². The Hall–Kier alpha value is -2.08. The SMILES string of the molecule is O=C(C=CSc1ccc(C(F)(F)F)cn1)c1ccccc1. The topological polar surface area (TPSA) is 30.0 Å². The van der Waals surface area contributed by atoms with Crippen molar-refractivity contribution in [3.63, 3.8) is 0 Å². The van der Waals surface area contributed by atoms with Crippen molar-refractivity contribution in [2.24, 2.45) is 0 Å². The van der Waals surface area contributed by atoms with E-state index in [-0.39, 0.29) is 5.78 Å². The monoisotopic (exact) mass is 309 g/mol. The molecule has 2 nitrogen and oxygen atoms in total. The first kappa shape index (κ1) is 15.3. The van der Waals surface area contributed by atoms with Crippen molar-refractivity contribution in [3.8, 4) is 0 Å². The Kier molecular flexibility index (Phi) is 4.80. The van der Waals surface area contributed by atoms with Crippen molar-refractivity contribution < 1.29 is 18.0 Å². The number of carbonyl (C=O) groups excluding carboxylic acids is 1. The second-order valence-electron chi connectivity index (χ2n) is 4.03. The van der Waals surface area contributed by atoms with Crippen molar-refractivity contribution in [1.82, 2.24) is 4.98 Å². The average molecular weight is 309 g/mol. The predicted molar refractivity (Wildman–Crippen MR) is 75.0 cm³/mol. The van der Waals surface area contributed by atoms with Crippen LogP contribution in [0, 0.1) is 0 Å². The lowest BCUT2D eigenvalue weighted by Gasteiger charge is -2.05. The molecule has 0 spiro atoms. The summed E-state index contributed by atoms with van der Waals surface area (Å²) >= 11 is 1.08. The van der Waals surface area contributed by atoms with E-state index >= 15 is 0 Å². The lowest BCUT2D eigenvalue weighted by Crippen LogP contribution is -2.04. The third kappa shape index (κ3) is 4.46. The highest BCUT2D eigenvalue weighted by Crippen LogP contribution is 2.29. The smallest absolute Gasteiger partial charge is 0.289 e. The summed E-state index contributed by atoms with van der Waals surface area (Å²) < 4.78 is 37.1. The van der Waals surface area contributed by atoms with E-state index in [1.54, 1.807) is 30.3 Å². The van der Waals surface area contributed by atoms with Gasteiger partial charge in [-0.1, -0.05) is 42.1 Å². The zero-order chi connectivity index (χ0) is 15.3. The summed E-state index contributed by atoms with van der Waals surface area (Å²) in [6.45, 7) is 0. The molecule has 0 saturated heterocycles. The molecule has 0 aliphatic carbocycles. The number of carbonyl (C=O) groups is 1. The molecule has 0 amide bonds. The van der Waals surface area contributed by atoms with Crippen LogP contribution in [0.25, 0.3) is 0 Å². The summed E-state index contributed by atoms with van der Waals surface area (Å²) in [5, 5.41) is 1.89. The Labute approximate surface area is 123 Å². The number of hydrogen-bond acceptors (Lipinski definition) is 3. The van der Waals surface area contributed by atoms with E-state index in [0.29, 0.717) is 10.6 Å². The number of hydrogen-bond donors (Lipinski definition) is 0. The van der Waals surface area contributed by atoms with Gasteiger partial charge in [-0.25, -0.2) is 4.98 Å². The van der Waals surface area contributed by atoms with E-state index in [4.69, 9.17) is 0 Å². The zero-order valence-corrected chi connectivity index (χ0v) is 11.5. The first-order chi connectivity index (χ1) is 9.97. The van der Waals surface area contributed by atoms with E-state index in [2.05, 4.69) is 4.98 Å². The number of ketones is 1. The van der Waals surface area contributed by atoms with Gasteiger partial charge in [0.25, 0.3) is 0 Å². The average Bonchev–Trinajstić information content (AvgIpc) is 2.47. The van der Waals surface area contributed by atoms with E-state index < -0.39 is 11.7 Å². The quantitative estimate of drug-likeness (QED) is 0.470. The highest BCUT2D eigenvalue weighted by molar-refractivity contribution is 8.02. The number of alkyl halides is 3. The van der Waals surface area contributed by atoms with E-state index in [1.165, 1.54) is 17.6 Å². The van der Waals surface area contributed by atoms with Gasteiger partial charge in [-0.3, -0.25) is 4.79 Å². The molecule has 1 aromatic carbocycles. The van der Waals surface area contributed by atoms with Crippen molar-refractivity contribution in [3.05, 3.63) is 71.3 Å². The van der Waals surface area contributed by atoms with Crippen LogP contribution in [0.5, 0.6) is 0 Å². The third-order valence-electron chi connectivity index (χ3n) is 2.53. The van der Waals surface area contributed by atoms with Gasteiger partial charge in [-0.05, 0) is 23.6 Å². The van der Waals surface area contributed by atoms with Gasteiger partial charge in [0, 0.05) is 11.8 Å². The fourth-order valence-corrected chi connectivity index (χ4v) is 2.07. The normalized spacial score (nSPS) is 11.8. The molecule has 1 aromatic heterocycles. The minimum absolute atomic E-state index is 0.171. The maximum Gasteiger partial charge on any atom is 0.417 e. The molecule has 0 aliphatic heterocycles. The first-order valence-electron chi connectivity index (χ1n) is 5.92. The maximum absolute atomic E-state index is 12.4. The summed E-state index contributed by atoms with van der Waals surface area (Å²) in [6, 6.07) is 10.9. The summed E-state index contributed by atoms with van der Waals surface area (Å²) in [4.78, 5) is 15.4. The molecule has 0 aliphatic rings. The number of allylic oxidation sites excluding steroid dienone is 1. The van der Waals surface area contributed by atoms with Gasteiger partial charge in [0.1, 0.15) is 5.03 Å². The molecule has 0 fully saturated rings. The lowest BCUT2D eigenvalue weighted by molar-refractivity contribution is -0.137. The van der Waals surface area contributed by atoms with Gasteiger partial charge in [0.05, 0.1) is 5.56 Å². The summed E-state index contributed by atoms with van der Waals surface area (Å²) in [5.41, 5.74) is -0.245. The molecule has 21 heavy (non-hydrogen) atoms. The van der Waals surface area contributed by atoms with Crippen molar-refractivity contribution in [1.29, 1.82) is 0 Å². The fourth-order valence-electron chi connectivity index (χ4n) is 1.48. The summed E-state index contributed by atoms with van der Waals surface area (Å²) in [5.74, 6) is -0.171.